The van der Waals surface area contributed by atoms with Crippen LogP contribution in [-0.4, -0.2) is 29.9 Å². The van der Waals surface area contributed by atoms with Gasteiger partial charge in [-0.25, -0.2) is 9.18 Å². The van der Waals surface area contributed by atoms with E-state index >= 15 is 0 Å². The van der Waals surface area contributed by atoms with E-state index in [1.165, 1.54) is 6.07 Å². The van der Waals surface area contributed by atoms with Crippen LogP contribution in [0.25, 0.3) is 0 Å². The highest BCUT2D eigenvalue weighted by Crippen LogP contribution is 2.30. The number of benzene rings is 1. The second kappa shape index (κ2) is 7.12. The van der Waals surface area contributed by atoms with Crippen molar-refractivity contribution in [1.82, 2.24) is 15.5 Å². The van der Waals surface area contributed by atoms with Crippen LogP contribution >= 0.6 is 15.9 Å². The molecule has 1 heterocycles. The Morgan fingerprint density at radius 3 is 2.57 bits per heavy atom. The van der Waals surface area contributed by atoms with Crippen molar-refractivity contribution < 1.29 is 14.0 Å². The number of nitrogens with zero attached hydrogens (tertiary/aromatic N) is 1. The van der Waals surface area contributed by atoms with Crippen LogP contribution in [0.15, 0.2) is 33.9 Å². The number of carbonyl (C=O) groups is 2. The molecule has 0 bridgehead atoms. The molecule has 1 aliphatic rings. The number of hydrogen-bond donors (Lipinski definition) is 2. The molecule has 23 heavy (non-hydrogen) atoms. The molecule has 1 aliphatic heterocycles. The summed E-state index contributed by atoms with van der Waals surface area (Å²) >= 11 is 3.14. The minimum Gasteiger partial charge on any atom is -0.339 e. The first-order valence-corrected chi connectivity index (χ1v) is 8.20. The third-order valence-electron chi connectivity index (χ3n) is 3.83. The SMILES string of the molecule is CCN(CC)C(=O)C1=C(C)NC(=O)N[C@H]1c1ccc(F)c(Br)c1. The van der Waals surface area contributed by atoms with Gasteiger partial charge in [0.15, 0.2) is 0 Å². The molecule has 124 valence electrons. The molecule has 0 saturated carbocycles. The van der Waals surface area contributed by atoms with Gasteiger partial charge < -0.3 is 15.5 Å². The van der Waals surface area contributed by atoms with E-state index in [1.807, 2.05) is 13.8 Å². The monoisotopic (exact) mass is 383 g/mol. The number of amides is 3. The minimum atomic E-state index is -0.617. The Bertz CT molecular complexity index is 671. The molecule has 1 aromatic rings. The largest absolute Gasteiger partial charge is 0.339 e. The van der Waals surface area contributed by atoms with Gasteiger partial charge in [-0.15, -0.1) is 0 Å². The number of hydrogen-bond acceptors (Lipinski definition) is 2. The van der Waals surface area contributed by atoms with Gasteiger partial charge in [-0.05, 0) is 54.4 Å². The summed E-state index contributed by atoms with van der Waals surface area (Å²) in [7, 11) is 0. The summed E-state index contributed by atoms with van der Waals surface area (Å²) in [5, 5.41) is 5.38. The third-order valence-corrected chi connectivity index (χ3v) is 4.43. The van der Waals surface area contributed by atoms with Crippen LogP contribution in [0.4, 0.5) is 9.18 Å². The molecule has 0 spiro atoms. The van der Waals surface area contributed by atoms with E-state index < -0.39 is 11.9 Å². The normalized spacial score (nSPS) is 17.6. The number of likely N-dealkylation sites (N-methyl/N-ethyl adjacent to an activating group) is 1. The molecule has 0 radical (unpaired) electrons. The Kier molecular flexibility index (Phi) is 5.41. The second-order valence-electron chi connectivity index (χ2n) is 5.22. The summed E-state index contributed by atoms with van der Waals surface area (Å²) in [5.74, 6) is -0.545. The lowest BCUT2D eigenvalue weighted by Gasteiger charge is -2.31. The Balaban J connectivity index is 2.49. The van der Waals surface area contributed by atoms with Crippen molar-refractivity contribution in [3.63, 3.8) is 0 Å². The van der Waals surface area contributed by atoms with E-state index in [0.29, 0.717) is 29.9 Å². The Hall–Kier alpha value is -1.89. The van der Waals surface area contributed by atoms with E-state index in [9.17, 15) is 14.0 Å². The molecule has 2 rings (SSSR count). The number of nitrogens with one attached hydrogen (secondary N) is 2. The Labute approximate surface area is 143 Å². The van der Waals surface area contributed by atoms with E-state index in [4.69, 9.17) is 0 Å². The maximum Gasteiger partial charge on any atom is 0.319 e. The van der Waals surface area contributed by atoms with Crippen molar-refractivity contribution in [2.75, 3.05) is 13.1 Å². The number of rotatable bonds is 4. The summed E-state index contributed by atoms with van der Waals surface area (Å²) in [6.07, 6.45) is 0. The number of carbonyl (C=O) groups excluding carboxylic acids is 2. The van der Waals surface area contributed by atoms with Gasteiger partial charge in [0, 0.05) is 18.8 Å². The molecule has 0 fully saturated rings. The van der Waals surface area contributed by atoms with Crippen molar-refractivity contribution in [3.8, 4) is 0 Å². The van der Waals surface area contributed by atoms with Crippen molar-refractivity contribution in [2.45, 2.75) is 26.8 Å². The molecule has 0 unspecified atom stereocenters. The summed E-state index contributed by atoms with van der Waals surface area (Å²) in [4.78, 5) is 26.3. The predicted octanol–water partition coefficient (Wildman–Crippen LogP) is 3.08. The first-order chi connectivity index (χ1) is 10.9. The maximum absolute atomic E-state index is 13.5. The van der Waals surface area contributed by atoms with Crippen LogP contribution in [0.2, 0.25) is 0 Å². The predicted molar refractivity (Wildman–Crippen MR) is 89.1 cm³/mol. The van der Waals surface area contributed by atoms with E-state index in [2.05, 4.69) is 26.6 Å². The molecule has 0 saturated heterocycles. The first kappa shape index (κ1) is 17.5. The zero-order chi connectivity index (χ0) is 17.1. The topological polar surface area (TPSA) is 61.4 Å². The van der Waals surface area contributed by atoms with Crippen LogP contribution in [-0.2, 0) is 4.79 Å². The van der Waals surface area contributed by atoms with Gasteiger partial charge in [-0.3, -0.25) is 4.79 Å². The smallest absolute Gasteiger partial charge is 0.319 e. The fraction of sp³-hybridized carbons (Fsp3) is 0.375. The maximum atomic E-state index is 13.5. The highest BCUT2D eigenvalue weighted by atomic mass is 79.9. The fourth-order valence-electron chi connectivity index (χ4n) is 2.60. The molecule has 0 aromatic heterocycles. The quantitative estimate of drug-likeness (QED) is 0.838. The summed E-state index contributed by atoms with van der Waals surface area (Å²) in [5.41, 5.74) is 1.62. The van der Waals surface area contributed by atoms with E-state index in [0.717, 1.165) is 0 Å². The molecule has 1 atom stereocenters. The molecule has 1 aromatic carbocycles. The van der Waals surface area contributed by atoms with Crippen LogP contribution in [0.1, 0.15) is 32.4 Å². The minimum absolute atomic E-state index is 0.148. The lowest BCUT2D eigenvalue weighted by atomic mass is 9.94. The lowest BCUT2D eigenvalue weighted by Crippen LogP contribution is -2.47. The molecule has 2 N–H and O–H groups in total. The van der Waals surface area contributed by atoms with E-state index in [1.54, 1.807) is 24.0 Å². The summed E-state index contributed by atoms with van der Waals surface area (Å²) in [6.45, 7) is 6.63. The highest BCUT2D eigenvalue weighted by molar-refractivity contribution is 9.10. The standard InChI is InChI=1S/C16H19BrFN3O2/c1-4-21(5-2)15(22)13-9(3)19-16(23)20-14(13)10-6-7-12(18)11(17)8-10/h6-8,14H,4-5H2,1-3H3,(H2,19,20,23)/t14-/m0/s1. The van der Waals surface area contributed by atoms with Gasteiger partial charge in [-0.2, -0.15) is 0 Å². The Morgan fingerprint density at radius 1 is 1.35 bits per heavy atom. The number of allylic oxidation sites excluding steroid dienone is 1. The van der Waals surface area contributed by atoms with Gasteiger partial charge in [0.05, 0.1) is 16.1 Å². The Morgan fingerprint density at radius 2 is 2.00 bits per heavy atom. The van der Waals surface area contributed by atoms with Gasteiger partial charge in [-0.1, -0.05) is 6.07 Å². The lowest BCUT2D eigenvalue weighted by molar-refractivity contribution is -0.127. The van der Waals surface area contributed by atoms with Crippen molar-refractivity contribution in [2.24, 2.45) is 0 Å². The zero-order valence-electron chi connectivity index (χ0n) is 13.2. The van der Waals surface area contributed by atoms with Gasteiger partial charge >= 0.3 is 6.03 Å². The average Bonchev–Trinajstić information content (AvgIpc) is 2.50. The van der Waals surface area contributed by atoms with Crippen molar-refractivity contribution in [3.05, 3.63) is 45.3 Å². The number of halogens is 2. The molecule has 7 heteroatoms. The third kappa shape index (κ3) is 3.55. The van der Waals surface area contributed by atoms with E-state index in [-0.39, 0.29) is 16.4 Å². The van der Waals surface area contributed by atoms with Crippen LogP contribution in [0.5, 0.6) is 0 Å². The zero-order valence-corrected chi connectivity index (χ0v) is 14.8. The highest BCUT2D eigenvalue weighted by Gasteiger charge is 2.33. The molecular weight excluding hydrogens is 365 g/mol. The van der Waals surface area contributed by atoms with Crippen LogP contribution < -0.4 is 10.6 Å². The van der Waals surface area contributed by atoms with Gasteiger partial charge in [0.25, 0.3) is 5.91 Å². The number of urea groups is 1. The van der Waals surface area contributed by atoms with Crippen molar-refractivity contribution in [1.29, 1.82) is 0 Å². The molecule has 0 aliphatic carbocycles. The second-order valence-corrected chi connectivity index (χ2v) is 6.08. The molecular formula is C16H19BrFN3O2. The average molecular weight is 384 g/mol. The van der Waals surface area contributed by atoms with Gasteiger partial charge in [0.2, 0.25) is 0 Å². The van der Waals surface area contributed by atoms with Crippen molar-refractivity contribution >= 4 is 27.9 Å². The van der Waals surface area contributed by atoms with Crippen LogP contribution in [0, 0.1) is 5.82 Å². The first-order valence-electron chi connectivity index (χ1n) is 7.41. The fourth-order valence-corrected chi connectivity index (χ4v) is 3.00. The summed E-state index contributed by atoms with van der Waals surface area (Å²) < 4.78 is 13.8. The molecule has 5 nitrogen and oxygen atoms in total. The van der Waals surface area contributed by atoms with Gasteiger partial charge in [0.1, 0.15) is 5.82 Å². The molecule has 3 amide bonds. The van der Waals surface area contributed by atoms with Crippen LogP contribution in [0.3, 0.4) is 0 Å². The summed E-state index contributed by atoms with van der Waals surface area (Å²) in [6, 6.07) is 3.45.